The number of methoxy groups -OCH3 is 2. The van der Waals surface area contributed by atoms with Crippen molar-refractivity contribution in [3.05, 3.63) is 90.1 Å². The Balaban J connectivity index is 0.00000417. The predicted octanol–water partition coefficient (Wildman–Crippen LogP) is 3.40. The Hall–Kier alpha value is -3.57. The van der Waals surface area contributed by atoms with E-state index in [4.69, 9.17) is 29.7 Å². The number of carbonyl (C=O) groups is 2. The van der Waals surface area contributed by atoms with Gasteiger partial charge in [0.25, 0.3) is 0 Å². The molecule has 3 aromatic heterocycles. The zero-order valence-electron chi connectivity index (χ0n) is 27.5. The molecule has 46 heavy (non-hydrogen) atoms. The van der Waals surface area contributed by atoms with Gasteiger partial charge in [-0.15, -0.1) is 33.5 Å². The number of rotatable bonds is 7. The second-order valence-electron chi connectivity index (χ2n) is 12.1. The van der Waals surface area contributed by atoms with Crippen molar-refractivity contribution in [2.45, 2.75) is 60.2 Å². The van der Waals surface area contributed by atoms with Gasteiger partial charge in [0, 0.05) is 19.1 Å². The molecule has 4 atom stereocenters. The van der Waals surface area contributed by atoms with Gasteiger partial charge >= 0.3 is 29.0 Å². The summed E-state index contributed by atoms with van der Waals surface area (Å²) in [5.74, 6) is -1.96. The van der Waals surface area contributed by atoms with Crippen LogP contribution in [0.1, 0.15) is 87.6 Å². The maximum Gasteiger partial charge on any atom is 2.00 e. The van der Waals surface area contributed by atoms with E-state index in [2.05, 4.69) is 27.4 Å². The first-order valence-corrected chi connectivity index (χ1v) is 15.4. The first-order chi connectivity index (χ1) is 21.5. The number of esters is 1. The third-order valence-corrected chi connectivity index (χ3v) is 9.77. The number of allylic oxidation sites excluding steroid dienone is 2. The number of hydrogen-bond acceptors (Lipinski definition) is 5. The zero-order valence-corrected chi connectivity index (χ0v) is 28.9. The van der Waals surface area contributed by atoms with Gasteiger partial charge in [-0.2, -0.15) is 11.4 Å². The van der Waals surface area contributed by atoms with Crippen LogP contribution in [0.3, 0.4) is 0 Å². The quantitative estimate of drug-likeness (QED) is 0.239. The summed E-state index contributed by atoms with van der Waals surface area (Å²) in [6.45, 7) is 14.2. The fourth-order valence-corrected chi connectivity index (χ4v) is 7.12. The monoisotopic (exact) mass is 630 g/mol. The minimum absolute atomic E-state index is 0. The molecule has 0 amide bonds. The maximum absolute atomic E-state index is 14.1. The van der Waals surface area contributed by atoms with Gasteiger partial charge in [-0.3, -0.25) is 9.59 Å². The van der Waals surface area contributed by atoms with Gasteiger partial charge in [0.05, 0.1) is 13.0 Å². The van der Waals surface area contributed by atoms with E-state index in [1.807, 2.05) is 38.2 Å². The Labute approximate surface area is 285 Å². The van der Waals surface area contributed by atoms with Gasteiger partial charge in [-0.1, -0.05) is 72.6 Å². The molecule has 0 aromatic carbocycles. The van der Waals surface area contributed by atoms with E-state index >= 15 is 0 Å². The number of aromatic nitrogens is 3. The topological polar surface area (TPSA) is 129 Å². The second-order valence-corrected chi connectivity index (χ2v) is 12.1. The van der Waals surface area contributed by atoms with Crippen LogP contribution >= 0.6 is 0 Å². The smallest absolute Gasteiger partial charge is 0.664 e. The standard InChI is InChI=1S/C36H39N4O5.Mg/c1-9-20-16(3)23-13-25-18(5)22(11-12-29(41)44-7)33(39-25)31-32(36(43)45-8)35(42)30-19(6)26(40-34(30)31)15-28-21(10-2)17(4)24(38-28)14-27(20)37-23;/h9,13-15,18,22,32,36,43H,1,10-12H2,2-8H3,(H-,39,40,42);/q-3;+2/p-1/b24-14-,25-13-,28-15-;/t18-,22-,32+,36?;/m0./s1. The van der Waals surface area contributed by atoms with Gasteiger partial charge in [-0.25, -0.2) is 0 Å². The van der Waals surface area contributed by atoms with Crippen LogP contribution < -0.4 is 25.7 Å². The molecule has 10 heteroatoms. The molecule has 1 saturated heterocycles. The van der Waals surface area contributed by atoms with Crippen LogP contribution in [0.5, 0.6) is 0 Å². The van der Waals surface area contributed by atoms with Crippen LogP contribution in [-0.4, -0.2) is 60.4 Å². The zero-order chi connectivity index (χ0) is 32.3. The molecule has 2 aliphatic heterocycles. The number of hydrogen-bond donors (Lipinski definition) is 1. The summed E-state index contributed by atoms with van der Waals surface area (Å²) in [6, 6.07) is 0. The van der Waals surface area contributed by atoms with Gasteiger partial charge in [0.15, 0.2) is 12.1 Å². The number of ether oxygens (including phenoxy) is 2. The minimum Gasteiger partial charge on any atom is -0.664 e. The summed E-state index contributed by atoms with van der Waals surface area (Å²) in [5.41, 5.74) is 9.87. The summed E-state index contributed by atoms with van der Waals surface area (Å²) in [7, 11) is 2.74. The molecule has 6 rings (SSSR count). The molecule has 0 saturated carbocycles. The molecule has 5 heterocycles. The number of Topliss-reactive ketones (excluding diaryl/α,β-unsaturated/α-hetero) is 1. The molecule has 9 nitrogen and oxygen atoms in total. The molecular weight excluding hydrogens is 593 g/mol. The Morgan fingerprint density at radius 3 is 2.37 bits per heavy atom. The third-order valence-electron chi connectivity index (χ3n) is 9.77. The molecular formula is C36H38MgN4O5-2. The molecule has 0 radical (unpaired) electrons. The molecule has 1 N–H and O–H groups in total. The molecule has 8 bridgehead atoms. The number of fused-ring (bicyclic) bond motifs is 7. The number of carbonyl (C=O) groups excluding carboxylic acids is 2. The van der Waals surface area contributed by atoms with Gasteiger partial charge in [0.1, 0.15) is 0 Å². The Kier molecular flexibility index (Phi) is 9.48. The van der Waals surface area contributed by atoms with E-state index in [9.17, 15) is 14.7 Å². The van der Waals surface area contributed by atoms with Crippen molar-refractivity contribution < 1.29 is 24.2 Å². The molecule has 3 aromatic rings. The van der Waals surface area contributed by atoms with Gasteiger partial charge < -0.3 is 34.8 Å². The average Bonchev–Trinajstić information content (AvgIpc) is 3.76. The van der Waals surface area contributed by atoms with E-state index in [1.54, 1.807) is 0 Å². The minimum atomic E-state index is -1.40. The largest absolute Gasteiger partial charge is 2.00 e. The predicted molar refractivity (Wildman–Crippen MR) is 178 cm³/mol. The summed E-state index contributed by atoms with van der Waals surface area (Å²) in [6.07, 6.45) is 7.73. The van der Waals surface area contributed by atoms with Crippen LogP contribution in [0.15, 0.2) is 18.0 Å². The molecule has 1 unspecified atom stereocenters. The number of aliphatic hydroxyl groups excluding tert-OH is 1. The summed E-state index contributed by atoms with van der Waals surface area (Å²) < 4.78 is 10.3. The summed E-state index contributed by atoms with van der Waals surface area (Å²) in [5, 5.41) is 17.8. The van der Waals surface area contributed by atoms with Gasteiger partial charge in [-0.05, 0) is 51.0 Å². The Morgan fingerprint density at radius 2 is 1.72 bits per heavy atom. The SMILES string of the molecule is C=Cc1c2[n-]c(c1C)/C=C1\[N-]/C(=C3\c4[n-]c(c(C)c4C(=O)[C@@H]3C(O)OC)/C=c3\[n-]/c(c(C)c3CC)=C\2)[C@@H](CCC(=O)OC)[C@@H]1C.[Mg+2]. The average molecular weight is 631 g/mol. The van der Waals surface area contributed by atoms with Crippen LogP contribution in [0.4, 0.5) is 0 Å². The normalized spacial score (nSPS) is 24.6. The summed E-state index contributed by atoms with van der Waals surface area (Å²) >= 11 is 0. The molecule has 236 valence electrons. The fraction of sp³-hybridized carbons (Fsp3) is 0.389. The Bertz CT molecular complexity index is 1940. The van der Waals surface area contributed by atoms with Crippen LogP contribution in [0.25, 0.3) is 35.2 Å². The van der Waals surface area contributed by atoms with Crippen LogP contribution in [0.2, 0.25) is 0 Å². The number of aliphatic hydroxyl groups is 1. The van der Waals surface area contributed by atoms with Crippen molar-refractivity contribution in [2.75, 3.05) is 14.2 Å². The van der Waals surface area contributed by atoms with Crippen molar-refractivity contribution >= 4 is 64.7 Å². The second kappa shape index (κ2) is 12.9. The maximum atomic E-state index is 14.1. The van der Waals surface area contributed by atoms with E-state index in [1.165, 1.54) is 14.2 Å². The third kappa shape index (κ3) is 5.25. The molecule has 0 spiro atoms. The first-order valence-electron chi connectivity index (χ1n) is 15.4. The van der Waals surface area contributed by atoms with E-state index < -0.39 is 12.2 Å². The molecule has 3 aliphatic rings. The molecule has 1 aliphatic carbocycles. The van der Waals surface area contributed by atoms with Gasteiger partial charge in [0.2, 0.25) is 0 Å². The summed E-state index contributed by atoms with van der Waals surface area (Å²) in [4.78, 5) is 41.5. The molecule has 1 fully saturated rings. The van der Waals surface area contributed by atoms with Crippen molar-refractivity contribution in [3.8, 4) is 0 Å². The first kappa shape index (κ1) is 33.8. The number of nitrogens with zero attached hydrogens (tertiary/aromatic N) is 4. The van der Waals surface area contributed by atoms with E-state index in [-0.39, 0.29) is 53.1 Å². The fourth-order valence-electron chi connectivity index (χ4n) is 7.12. The Morgan fingerprint density at radius 1 is 1.02 bits per heavy atom. The van der Waals surface area contributed by atoms with Crippen molar-refractivity contribution in [2.24, 2.45) is 17.8 Å². The van der Waals surface area contributed by atoms with E-state index in [0.717, 1.165) is 62.0 Å². The van der Waals surface area contributed by atoms with Crippen molar-refractivity contribution in [1.29, 1.82) is 0 Å². The van der Waals surface area contributed by atoms with Crippen LogP contribution in [0, 0.1) is 38.5 Å². The number of ketones is 1. The van der Waals surface area contributed by atoms with E-state index in [0.29, 0.717) is 34.6 Å². The van der Waals surface area contributed by atoms with Crippen molar-refractivity contribution in [3.63, 3.8) is 0 Å². The van der Waals surface area contributed by atoms with Crippen LogP contribution in [-0.2, 0) is 20.7 Å². The van der Waals surface area contributed by atoms with Crippen molar-refractivity contribution in [1.82, 2.24) is 15.0 Å².